The molecule has 0 aromatic heterocycles. The third kappa shape index (κ3) is 1.59. The summed E-state index contributed by atoms with van der Waals surface area (Å²) in [5.74, 6) is 5.90. The fourth-order valence-corrected chi connectivity index (χ4v) is 1.70. The lowest BCUT2D eigenvalue weighted by atomic mass is 9.83. The van der Waals surface area contributed by atoms with Gasteiger partial charge in [-0.15, -0.1) is 5.92 Å². The van der Waals surface area contributed by atoms with Crippen LogP contribution >= 0.6 is 0 Å². The van der Waals surface area contributed by atoms with Gasteiger partial charge in [0.05, 0.1) is 6.54 Å². The van der Waals surface area contributed by atoms with Gasteiger partial charge in [0, 0.05) is 6.04 Å². The molecule has 1 aliphatic rings. The first-order chi connectivity index (χ1) is 6.42. The molecule has 0 saturated heterocycles. The fourth-order valence-electron chi connectivity index (χ4n) is 1.70. The summed E-state index contributed by atoms with van der Waals surface area (Å²) in [6.45, 7) is 2.67. The molecule has 0 radical (unpaired) electrons. The number of hydrogen-bond donors (Lipinski definition) is 1. The number of benzene rings is 1. The van der Waals surface area contributed by atoms with Gasteiger partial charge >= 0.3 is 0 Å². The molecule has 0 fully saturated rings. The lowest BCUT2D eigenvalue weighted by Gasteiger charge is -2.30. The number of fused-ring (bicyclic) bond motifs is 1. The van der Waals surface area contributed by atoms with Gasteiger partial charge in [-0.1, -0.05) is 30.2 Å². The maximum Gasteiger partial charge on any atom is 0.0581 e. The number of hydrogen-bond acceptors (Lipinski definition) is 1. The average Bonchev–Trinajstić information content (AvgIpc) is 2.13. The molecule has 1 unspecified atom stereocenters. The smallest absolute Gasteiger partial charge is 0.0581 e. The molecule has 0 amide bonds. The van der Waals surface area contributed by atoms with E-state index in [4.69, 9.17) is 0 Å². The Hall–Kier alpha value is -1.26. The average molecular weight is 171 g/mol. The highest BCUT2D eigenvalue weighted by molar-refractivity contribution is 5.39. The van der Waals surface area contributed by atoms with E-state index in [0.29, 0.717) is 6.04 Å². The summed E-state index contributed by atoms with van der Waals surface area (Å²) in [4.78, 5) is 0. The molecule has 1 aliphatic carbocycles. The van der Waals surface area contributed by atoms with Gasteiger partial charge in [-0.3, -0.25) is 5.32 Å². The Bertz CT molecular complexity index is 357. The first-order valence-corrected chi connectivity index (χ1v) is 4.62. The lowest BCUT2D eigenvalue weighted by Crippen LogP contribution is -2.31. The van der Waals surface area contributed by atoms with Gasteiger partial charge in [-0.05, 0) is 24.5 Å². The van der Waals surface area contributed by atoms with E-state index in [2.05, 4.69) is 41.4 Å². The van der Waals surface area contributed by atoms with E-state index >= 15 is 0 Å². The van der Waals surface area contributed by atoms with Crippen molar-refractivity contribution in [2.45, 2.75) is 19.4 Å². The van der Waals surface area contributed by atoms with Gasteiger partial charge in [-0.25, -0.2) is 0 Å². The first kappa shape index (κ1) is 8.34. The van der Waals surface area contributed by atoms with Gasteiger partial charge < -0.3 is 0 Å². The van der Waals surface area contributed by atoms with E-state index in [1.807, 2.05) is 6.92 Å². The maximum atomic E-state index is 3.40. The Kier molecular flexibility index (Phi) is 2.33. The molecule has 0 bridgehead atoms. The van der Waals surface area contributed by atoms with E-state index in [-0.39, 0.29) is 0 Å². The van der Waals surface area contributed by atoms with Crippen molar-refractivity contribution >= 4 is 0 Å². The topological polar surface area (TPSA) is 12.0 Å². The molecule has 0 saturated carbocycles. The minimum Gasteiger partial charge on any atom is -0.299 e. The Morgan fingerprint density at radius 2 is 2.31 bits per heavy atom. The van der Waals surface area contributed by atoms with Gasteiger partial charge in [0.15, 0.2) is 0 Å². The van der Waals surface area contributed by atoms with Crippen molar-refractivity contribution in [3.63, 3.8) is 0 Å². The monoisotopic (exact) mass is 171 g/mol. The van der Waals surface area contributed by atoms with Gasteiger partial charge in [0.1, 0.15) is 0 Å². The van der Waals surface area contributed by atoms with Crippen LogP contribution in [0.15, 0.2) is 24.3 Å². The molecule has 0 aliphatic heterocycles. The highest BCUT2D eigenvalue weighted by Gasteiger charge is 2.23. The van der Waals surface area contributed by atoms with Crippen LogP contribution in [0.25, 0.3) is 0 Å². The molecule has 1 nitrogen and oxygen atoms in total. The van der Waals surface area contributed by atoms with Crippen LogP contribution in [0.3, 0.4) is 0 Å². The van der Waals surface area contributed by atoms with Gasteiger partial charge in [0.2, 0.25) is 0 Å². The normalized spacial score (nSPS) is 18.1. The Balaban J connectivity index is 1.96. The van der Waals surface area contributed by atoms with Crippen LogP contribution in [0.1, 0.15) is 24.1 Å². The van der Waals surface area contributed by atoms with Crippen molar-refractivity contribution in [2.24, 2.45) is 0 Å². The summed E-state index contributed by atoms with van der Waals surface area (Å²) >= 11 is 0. The summed E-state index contributed by atoms with van der Waals surface area (Å²) < 4.78 is 0. The van der Waals surface area contributed by atoms with E-state index in [0.717, 1.165) is 13.0 Å². The minimum absolute atomic E-state index is 0.539. The van der Waals surface area contributed by atoms with Crippen molar-refractivity contribution in [3.8, 4) is 11.8 Å². The summed E-state index contributed by atoms with van der Waals surface area (Å²) in [7, 11) is 0. The summed E-state index contributed by atoms with van der Waals surface area (Å²) in [5.41, 5.74) is 2.92. The molecular formula is C12H13N. The fraction of sp³-hybridized carbons (Fsp3) is 0.333. The molecule has 1 N–H and O–H groups in total. The second kappa shape index (κ2) is 3.64. The zero-order valence-corrected chi connectivity index (χ0v) is 7.80. The van der Waals surface area contributed by atoms with Crippen LogP contribution in [0.2, 0.25) is 0 Å². The summed E-state index contributed by atoms with van der Waals surface area (Å²) in [6, 6.07) is 9.12. The van der Waals surface area contributed by atoms with Crippen LogP contribution in [0, 0.1) is 11.8 Å². The predicted molar refractivity (Wildman–Crippen MR) is 54.3 cm³/mol. The Morgan fingerprint density at radius 1 is 1.46 bits per heavy atom. The summed E-state index contributed by atoms with van der Waals surface area (Å²) in [5, 5.41) is 3.40. The van der Waals surface area contributed by atoms with E-state index in [9.17, 15) is 0 Å². The molecule has 0 heterocycles. The van der Waals surface area contributed by atoms with Crippen LogP contribution in [-0.4, -0.2) is 6.54 Å². The van der Waals surface area contributed by atoms with Crippen LogP contribution in [0.4, 0.5) is 0 Å². The Labute approximate surface area is 79.2 Å². The molecule has 1 heteroatoms. The van der Waals surface area contributed by atoms with Crippen molar-refractivity contribution in [1.82, 2.24) is 5.32 Å². The van der Waals surface area contributed by atoms with E-state index in [1.165, 1.54) is 11.1 Å². The van der Waals surface area contributed by atoms with Crippen molar-refractivity contribution < 1.29 is 0 Å². The molecule has 0 spiro atoms. The highest BCUT2D eigenvalue weighted by Crippen LogP contribution is 2.31. The maximum absolute atomic E-state index is 3.40. The van der Waals surface area contributed by atoms with Crippen molar-refractivity contribution in [3.05, 3.63) is 35.4 Å². The Morgan fingerprint density at radius 3 is 3.08 bits per heavy atom. The second-order valence-corrected chi connectivity index (χ2v) is 3.26. The third-order valence-electron chi connectivity index (χ3n) is 2.47. The number of rotatable bonds is 2. The molecule has 1 aromatic rings. The molecule has 2 rings (SSSR count). The quantitative estimate of drug-likeness (QED) is 0.670. The summed E-state index contributed by atoms with van der Waals surface area (Å²) in [6.07, 6.45) is 1.15. The largest absolute Gasteiger partial charge is 0.299 e. The molecule has 1 aromatic carbocycles. The molecular weight excluding hydrogens is 158 g/mol. The molecule has 1 atom stereocenters. The highest BCUT2D eigenvalue weighted by atomic mass is 14.9. The van der Waals surface area contributed by atoms with Gasteiger partial charge in [-0.2, -0.15) is 0 Å². The number of nitrogens with one attached hydrogen (secondary N) is 1. The zero-order chi connectivity index (χ0) is 9.10. The third-order valence-corrected chi connectivity index (χ3v) is 2.47. The van der Waals surface area contributed by atoms with Crippen LogP contribution in [-0.2, 0) is 6.42 Å². The van der Waals surface area contributed by atoms with E-state index in [1.54, 1.807) is 0 Å². The minimum atomic E-state index is 0.539. The standard InChI is InChI=1S/C12H13N/c1-2-3-8-13-12-9-10-6-4-5-7-11(10)12/h4-7,12-13H,8-9H2,1H3. The molecule has 13 heavy (non-hydrogen) atoms. The molecule has 66 valence electrons. The van der Waals surface area contributed by atoms with Crippen LogP contribution < -0.4 is 5.32 Å². The second-order valence-electron chi connectivity index (χ2n) is 3.26. The van der Waals surface area contributed by atoms with E-state index < -0.39 is 0 Å². The van der Waals surface area contributed by atoms with Gasteiger partial charge in [0.25, 0.3) is 0 Å². The predicted octanol–water partition coefficient (Wildman–Crippen LogP) is 1.90. The lowest BCUT2D eigenvalue weighted by molar-refractivity contribution is 0.512. The van der Waals surface area contributed by atoms with Crippen LogP contribution in [0.5, 0.6) is 0 Å². The zero-order valence-electron chi connectivity index (χ0n) is 7.80. The SMILES string of the molecule is CC#CCNC1Cc2ccccc21. The van der Waals surface area contributed by atoms with Crippen molar-refractivity contribution in [2.75, 3.05) is 6.54 Å². The first-order valence-electron chi connectivity index (χ1n) is 4.62. The van der Waals surface area contributed by atoms with Crippen molar-refractivity contribution in [1.29, 1.82) is 0 Å².